The number of phenolic OH excluding ortho intramolecular Hbond substituents is 10. The molecule has 9 aromatic rings. The number of aliphatic hydroxyl groups is 4. The summed E-state index contributed by atoms with van der Waals surface area (Å²) < 4.78 is 24.6. The van der Waals surface area contributed by atoms with Crippen molar-refractivity contribution in [1.82, 2.24) is 9.13 Å². The molecule has 0 bridgehead atoms. The summed E-state index contributed by atoms with van der Waals surface area (Å²) in [4.78, 5) is 0. The number of hydrogen-bond acceptors (Lipinski definition) is 18. The van der Waals surface area contributed by atoms with Crippen molar-refractivity contribution in [3.63, 3.8) is 0 Å². The van der Waals surface area contributed by atoms with Crippen LogP contribution in [0.1, 0.15) is 5.56 Å². The van der Waals surface area contributed by atoms with E-state index in [2.05, 4.69) is 6.58 Å². The summed E-state index contributed by atoms with van der Waals surface area (Å²) in [6, 6.07) is 24.8. The number of fused-ring (bicyclic) bond motifs is 6. The monoisotopic (exact) mass is 936 g/mol. The first-order valence-corrected chi connectivity index (χ1v) is 20.3. The minimum Gasteiger partial charge on any atom is -0.508 e. The second-order valence-electron chi connectivity index (χ2n) is 15.9. The van der Waals surface area contributed by atoms with Crippen molar-refractivity contribution >= 4 is 77.2 Å². The Bertz CT molecular complexity index is 4100. The summed E-state index contributed by atoms with van der Waals surface area (Å²) in [5, 5.41) is 153. The van der Waals surface area contributed by atoms with Crippen LogP contribution < -0.4 is 0 Å². The molecule has 2 aromatic heterocycles. The van der Waals surface area contributed by atoms with E-state index < -0.39 is 109 Å². The maximum Gasteiger partial charge on any atom is 0.236 e. The van der Waals surface area contributed by atoms with Crippen molar-refractivity contribution in [2.24, 2.45) is 0 Å². The summed E-state index contributed by atoms with van der Waals surface area (Å²) in [6.07, 6.45) is 0. The Morgan fingerprint density at radius 3 is 1.43 bits per heavy atom. The second-order valence-corrected chi connectivity index (χ2v) is 15.9. The number of phenols is 10. The fourth-order valence-electron chi connectivity index (χ4n) is 9.15. The summed E-state index contributed by atoms with van der Waals surface area (Å²) in [6.45, 7) is 2.35. The van der Waals surface area contributed by atoms with Gasteiger partial charge in [0.1, 0.15) is 11.4 Å². The standard InChI is InChI=1S/C49H32N2O18/c1-17(53)29(30-36(56)39(59)41(61)40(60)37(30)57)35(55)34(54)28(16-52)50-24-8-4-2-6-20(24)22-14-18(10-12-26(22)50)19-11-13-27-23(15-19)21-7-3-5-9-25(21)51(27)33-38(58)43(63)47-31-32-48(67-66-46(31)33)44(64)42(62)45(65)49(32)69-68-47/h2-15,52-65H,1,16H2/b34-28-,35-29-. The van der Waals surface area contributed by atoms with Crippen LogP contribution in [0.4, 0.5) is 0 Å². The lowest BCUT2D eigenvalue weighted by Crippen LogP contribution is -2.09. The smallest absolute Gasteiger partial charge is 0.236 e. The van der Waals surface area contributed by atoms with E-state index in [-0.39, 0.29) is 28.1 Å². The highest BCUT2D eigenvalue weighted by molar-refractivity contribution is 6.16. The van der Waals surface area contributed by atoms with Gasteiger partial charge in [0, 0.05) is 21.5 Å². The van der Waals surface area contributed by atoms with Crippen LogP contribution in [0.5, 0.6) is 57.5 Å². The molecule has 2 aliphatic rings. The van der Waals surface area contributed by atoms with Gasteiger partial charge in [0.15, 0.2) is 28.8 Å². The average Bonchev–Trinajstić information content (AvgIpc) is 3.86. The van der Waals surface area contributed by atoms with E-state index in [1.807, 2.05) is 18.2 Å². The number of nitrogens with zero attached hydrogens (tertiary/aromatic N) is 2. The first kappa shape index (κ1) is 41.6. The summed E-state index contributed by atoms with van der Waals surface area (Å²) >= 11 is 0. The first-order valence-electron chi connectivity index (χ1n) is 20.3. The molecule has 346 valence electrons. The third kappa shape index (κ3) is 5.47. The normalized spacial score (nSPS) is 12.9. The molecule has 20 heteroatoms. The number of benzene rings is 7. The first-order chi connectivity index (χ1) is 33.1. The van der Waals surface area contributed by atoms with E-state index in [0.717, 1.165) is 0 Å². The molecule has 11 rings (SSSR count). The molecule has 0 atom stereocenters. The van der Waals surface area contributed by atoms with Gasteiger partial charge in [-0.25, -0.2) is 0 Å². The van der Waals surface area contributed by atoms with Gasteiger partial charge in [-0.15, -0.1) is 0 Å². The molecule has 4 heterocycles. The predicted molar refractivity (Wildman–Crippen MR) is 246 cm³/mol. The third-order valence-electron chi connectivity index (χ3n) is 12.3. The lowest BCUT2D eigenvalue weighted by Gasteiger charge is -2.18. The van der Waals surface area contributed by atoms with Gasteiger partial charge >= 0.3 is 0 Å². The van der Waals surface area contributed by atoms with E-state index in [1.54, 1.807) is 71.3 Å². The minimum absolute atomic E-state index is 0.0852. The SMILES string of the molecule is C=C(O)/C(=C(O)\C(O)=C(/CO)n1c2ccccc2c2cc(-c3ccc4c(c3)c3ccccc3n4-c3c(O)c(O)c4ooc5c(O)c(O)c(O)c6ooc3c4-c56)ccc21)c1c(O)c(O)c(O)c(O)c1O. The van der Waals surface area contributed by atoms with Crippen LogP contribution in [0.2, 0.25) is 0 Å². The molecule has 7 aromatic carbocycles. The minimum atomic E-state index is -1.33. The van der Waals surface area contributed by atoms with Crippen LogP contribution in [-0.4, -0.2) is 87.2 Å². The lowest BCUT2D eigenvalue weighted by molar-refractivity contribution is 0.0724. The van der Waals surface area contributed by atoms with Crippen LogP contribution in [0.15, 0.2) is 127 Å². The van der Waals surface area contributed by atoms with Gasteiger partial charge in [0.2, 0.25) is 62.6 Å². The topological polar surface area (TPSA) is 346 Å². The maximum absolute atomic E-state index is 11.7. The molecule has 0 unspecified atom stereocenters. The van der Waals surface area contributed by atoms with E-state index >= 15 is 0 Å². The van der Waals surface area contributed by atoms with Gasteiger partial charge < -0.3 is 80.6 Å². The molecule has 69 heavy (non-hydrogen) atoms. The van der Waals surface area contributed by atoms with E-state index in [4.69, 9.17) is 18.3 Å². The Hall–Kier alpha value is -10.1. The van der Waals surface area contributed by atoms with Gasteiger partial charge in [0.05, 0.1) is 56.6 Å². The number of aliphatic hydroxyl groups excluding tert-OH is 4. The summed E-state index contributed by atoms with van der Waals surface area (Å²) in [5.41, 5.74) is -1.13. The van der Waals surface area contributed by atoms with Crippen molar-refractivity contribution in [1.29, 1.82) is 0 Å². The average molecular weight is 937 g/mol. The van der Waals surface area contributed by atoms with Crippen LogP contribution >= 0.6 is 0 Å². The van der Waals surface area contributed by atoms with Gasteiger partial charge in [-0.2, -0.15) is 0 Å². The van der Waals surface area contributed by atoms with Crippen molar-refractivity contribution in [3.8, 4) is 85.4 Å². The number of aromatic nitrogens is 2. The molecule has 20 nitrogen and oxygen atoms in total. The molecule has 0 radical (unpaired) electrons. The Morgan fingerprint density at radius 2 is 0.870 bits per heavy atom. The quantitative estimate of drug-likeness (QED) is 0.0176. The number of para-hydroxylation sites is 2. The Morgan fingerprint density at radius 1 is 0.449 bits per heavy atom. The fourth-order valence-corrected chi connectivity index (χ4v) is 9.15. The zero-order valence-corrected chi connectivity index (χ0v) is 34.8. The second kappa shape index (κ2) is 14.5. The molecule has 2 aliphatic heterocycles. The number of allylic oxidation sites excluding steroid dienone is 1. The zero-order valence-electron chi connectivity index (χ0n) is 34.8. The van der Waals surface area contributed by atoms with Crippen LogP contribution in [0, 0.1) is 0 Å². The van der Waals surface area contributed by atoms with Crippen molar-refractivity contribution in [3.05, 3.63) is 114 Å². The largest absolute Gasteiger partial charge is 0.508 e. The molecular formula is C49H32N2O18. The van der Waals surface area contributed by atoms with Crippen molar-refractivity contribution < 1.29 is 89.8 Å². The number of aromatic hydroxyl groups is 10. The highest BCUT2D eigenvalue weighted by Gasteiger charge is 2.37. The van der Waals surface area contributed by atoms with E-state index in [9.17, 15) is 71.5 Å². The zero-order chi connectivity index (χ0) is 48.6. The van der Waals surface area contributed by atoms with Gasteiger partial charge in [0.25, 0.3) is 0 Å². The maximum atomic E-state index is 11.7. The van der Waals surface area contributed by atoms with Gasteiger partial charge in [-0.05, 0) is 47.5 Å². The van der Waals surface area contributed by atoms with E-state index in [0.29, 0.717) is 54.7 Å². The highest BCUT2D eigenvalue weighted by atomic mass is 17.0. The van der Waals surface area contributed by atoms with Crippen molar-refractivity contribution in [2.75, 3.05) is 6.61 Å². The van der Waals surface area contributed by atoms with Crippen LogP contribution in [0.25, 0.3) is 105 Å². The van der Waals surface area contributed by atoms with Crippen LogP contribution in [0.3, 0.4) is 0 Å². The number of rotatable bonds is 7. The molecule has 0 saturated carbocycles. The van der Waals surface area contributed by atoms with Gasteiger partial charge in [-0.1, -0.05) is 55.1 Å². The summed E-state index contributed by atoms with van der Waals surface area (Å²) in [5.74, 6) is -14.3. The Labute approximate surface area is 381 Å². The fraction of sp³-hybridized carbons (Fsp3) is 0.0204. The lowest BCUT2D eigenvalue weighted by atomic mass is 9.98. The molecule has 14 N–H and O–H groups in total. The molecular weight excluding hydrogens is 905 g/mol. The molecule has 0 amide bonds. The Balaban J connectivity index is 1.10. The number of hydrogen-bond donors (Lipinski definition) is 14. The summed E-state index contributed by atoms with van der Waals surface area (Å²) in [7, 11) is 0. The third-order valence-corrected chi connectivity index (χ3v) is 12.3. The van der Waals surface area contributed by atoms with Crippen LogP contribution in [-0.2, 0) is 0 Å². The molecule has 0 aliphatic carbocycles. The predicted octanol–water partition coefficient (Wildman–Crippen LogP) is 9.72. The Kier molecular flexibility index (Phi) is 8.72. The van der Waals surface area contributed by atoms with Crippen molar-refractivity contribution in [2.45, 2.75) is 0 Å². The molecule has 0 fully saturated rings. The van der Waals surface area contributed by atoms with Gasteiger partial charge in [-0.3, -0.25) is 18.3 Å². The van der Waals surface area contributed by atoms with E-state index in [1.165, 1.54) is 4.57 Å². The molecule has 0 spiro atoms. The molecule has 0 saturated heterocycles. The highest BCUT2D eigenvalue weighted by Crippen LogP contribution is 2.58.